The minimum atomic E-state index is -0.146. The van der Waals surface area contributed by atoms with Crippen LogP contribution in [0, 0.1) is 13.8 Å². The van der Waals surface area contributed by atoms with Crippen LogP contribution in [0.25, 0.3) is 5.69 Å². The summed E-state index contributed by atoms with van der Waals surface area (Å²) in [5.41, 5.74) is 5.91. The summed E-state index contributed by atoms with van der Waals surface area (Å²) in [4.78, 5) is 17.2. The summed E-state index contributed by atoms with van der Waals surface area (Å²) in [6.07, 6.45) is 1.74. The average molecular weight is 361 g/mol. The van der Waals surface area contributed by atoms with E-state index < -0.39 is 0 Å². The van der Waals surface area contributed by atoms with Crippen LogP contribution in [-0.4, -0.2) is 15.5 Å². The molecular weight excluding hydrogens is 334 g/mol. The molecular formula is C23H27N3O. The van der Waals surface area contributed by atoms with Gasteiger partial charge in [0.2, 0.25) is 0 Å². The standard InChI is InChI=1S/C23H27N3O/c1-15(2)19-9-11-20(12-10-19)26-16(3)14-21(18(26)5)23(27)25-17(4)22-8-6-7-13-24-22/h6-15,17H,1-5H3,(H,25,27). The number of aromatic nitrogens is 2. The number of nitrogens with zero attached hydrogens (tertiary/aromatic N) is 2. The summed E-state index contributed by atoms with van der Waals surface area (Å²) in [5, 5.41) is 3.05. The molecule has 1 N–H and O–H groups in total. The van der Waals surface area contributed by atoms with Crippen molar-refractivity contribution < 1.29 is 4.79 Å². The normalized spacial score (nSPS) is 12.2. The first-order valence-electron chi connectivity index (χ1n) is 9.39. The second-order valence-electron chi connectivity index (χ2n) is 7.32. The van der Waals surface area contributed by atoms with Crippen molar-refractivity contribution >= 4 is 5.91 Å². The van der Waals surface area contributed by atoms with Crippen LogP contribution in [0.5, 0.6) is 0 Å². The second-order valence-corrected chi connectivity index (χ2v) is 7.32. The predicted octanol–water partition coefficient (Wildman–Crippen LogP) is 5.10. The summed E-state index contributed by atoms with van der Waals surface area (Å²) < 4.78 is 2.13. The minimum absolute atomic E-state index is 0.0775. The Balaban J connectivity index is 1.85. The first-order valence-corrected chi connectivity index (χ1v) is 9.39. The number of rotatable bonds is 5. The van der Waals surface area contributed by atoms with Crippen molar-refractivity contribution in [3.05, 3.63) is 82.9 Å². The van der Waals surface area contributed by atoms with Crippen LogP contribution in [-0.2, 0) is 0 Å². The van der Waals surface area contributed by atoms with Gasteiger partial charge in [-0.25, -0.2) is 0 Å². The monoisotopic (exact) mass is 361 g/mol. The number of carbonyl (C=O) groups is 1. The van der Waals surface area contributed by atoms with Crippen LogP contribution in [0.15, 0.2) is 54.7 Å². The summed E-state index contributed by atoms with van der Waals surface area (Å²) in [5.74, 6) is 0.423. The molecule has 0 saturated heterocycles. The van der Waals surface area contributed by atoms with E-state index in [0.717, 1.165) is 22.8 Å². The van der Waals surface area contributed by atoms with Gasteiger partial charge in [0.15, 0.2) is 0 Å². The van der Waals surface area contributed by atoms with Crippen molar-refractivity contribution in [2.75, 3.05) is 0 Å². The van der Waals surface area contributed by atoms with Gasteiger partial charge in [-0.15, -0.1) is 0 Å². The van der Waals surface area contributed by atoms with Gasteiger partial charge in [0, 0.05) is 23.3 Å². The number of aryl methyl sites for hydroxylation is 1. The smallest absolute Gasteiger partial charge is 0.253 e. The molecule has 1 amide bonds. The molecule has 0 fully saturated rings. The highest BCUT2D eigenvalue weighted by Gasteiger charge is 2.19. The Kier molecular flexibility index (Phi) is 5.45. The molecule has 4 nitrogen and oxygen atoms in total. The molecule has 0 aliphatic rings. The lowest BCUT2D eigenvalue weighted by molar-refractivity contribution is 0.0938. The highest BCUT2D eigenvalue weighted by Crippen LogP contribution is 2.23. The van der Waals surface area contributed by atoms with Gasteiger partial charge in [0.25, 0.3) is 5.91 Å². The number of pyridine rings is 1. The van der Waals surface area contributed by atoms with Crippen LogP contribution >= 0.6 is 0 Å². The maximum atomic E-state index is 12.8. The molecule has 0 aliphatic carbocycles. The van der Waals surface area contributed by atoms with Crippen molar-refractivity contribution in [1.82, 2.24) is 14.9 Å². The molecule has 2 aromatic heterocycles. The number of amides is 1. The van der Waals surface area contributed by atoms with Gasteiger partial charge in [-0.3, -0.25) is 9.78 Å². The fourth-order valence-corrected chi connectivity index (χ4v) is 3.38. The lowest BCUT2D eigenvalue weighted by Crippen LogP contribution is -2.27. The van der Waals surface area contributed by atoms with E-state index in [1.54, 1.807) is 6.20 Å². The molecule has 27 heavy (non-hydrogen) atoms. The zero-order valence-corrected chi connectivity index (χ0v) is 16.7. The number of hydrogen-bond donors (Lipinski definition) is 1. The van der Waals surface area contributed by atoms with Gasteiger partial charge < -0.3 is 9.88 Å². The second kappa shape index (κ2) is 7.78. The average Bonchev–Trinajstić information content (AvgIpc) is 2.97. The van der Waals surface area contributed by atoms with Gasteiger partial charge in [-0.1, -0.05) is 32.0 Å². The highest BCUT2D eigenvalue weighted by atomic mass is 16.1. The molecule has 3 aromatic rings. The Morgan fingerprint density at radius 3 is 2.33 bits per heavy atom. The number of carbonyl (C=O) groups excluding carboxylic acids is 1. The lowest BCUT2D eigenvalue weighted by Gasteiger charge is -2.14. The number of benzene rings is 1. The predicted molar refractivity (Wildman–Crippen MR) is 109 cm³/mol. The van der Waals surface area contributed by atoms with E-state index in [-0.39, 0.29) is 11.9 Å². The first kappa shape index (κ1) is 18.9. The van der Waals surface area contributed by atoms with E-state index in [9.17, 15) is 4.79 Å². The van der Waals surface area contributed by atoms with Crippen LogP contribution in [0.1, 0.15) is 65.7 Å². The molecule has 1 unspecified atom stereocenters. The van der Waals surface area contributed by atoms with Crippen molar-refractivity contribution in [3.8, 4) is 5.69 Å². The van der Waals surface area contributed by atoms with E-state index in [4.69, 9.17) is 0 Å². The van der Waals surface area contributed by atoms with Crippen molar-refractivity contribution in [1.29, 1.82) is 0 Å². The SMILES string of the molecule is Cc1cc(C(=O)NC(C)c2ccccn2)c(C)n1-c1ccc(C(C)C)cc1. The zero-order chi connectivity index (χ0) is 19.6. The first-order chi connectivity index (χ1) is 12.9. The Morgan fingerprint density at radius 2 is 1.74 bits per heavy atom. The largest absolute Gasteiger partial charge is 0.344 e. The van der Waals surface area contributed by atoms with Crippen molar-refractivity contribution in [2.45, 2.75) is 46.6 Å². The summed E-state index contributed by atoms with van der Waals surface area (Å²) >= 11 is 0. The molecule has 2 heterocycles. The molecule has 0 bridgehead atoms. The van der Waals surface area contributed by atoms with Gasteiger partial charge in [-0.05, 0) is 62.6 Å². The third kappa shape index (κ3) is 3.95. The fraction of sp³-hybridized carbons (Fsp3) is 0.304. The Bertz CT molecular complexity index is 924. The Hall–Kier alpha value is -2.88. The maximum absolute atomic E-state index is 12.8. The van der Waals surface area contributed by atoms with Gasteiger partial charge in [0.05, 0.1) is 17.3 Å². The molecule has 0 saturated carbocycles. The molecule has 3 rings (SSSR count). The van der Waals surface area contributed by atoms with E-state index in [1.165, 1.54) is 5.56 Å². The van der Waals surface area contributed by atoms with Crippen LogP contribution in [0.3, 0.4) is 0 Å². The molecule has 140 valence electrons. The van der Waals surface area contributed by atoms with E-state index in [1.807, 2.05) is 45.0 Å². The maximum Gasteiger partial charge on any atom is 0.253 e. The van der Waals surface area contributed by atoms with E-state index >= 15 is 0 Å². The van der Waals surface area contributed by atoms with Gasteiger partial charge >= 0.3 is 0 Å². The topological polar surface area (TPSA) is 46.9 Å². The summed E-state index contributed by atoms with van der Waals surface area (Å²) in [7, 11) is 0. The molecule has 0 aliphatic heterocycles. The third-order valence-electron chi connectivity index (χ3n) is 4.97. The fourth-order valence-electron chi connectivity index (χ4n) is 3.38. The molecule has 4 heteroatoms. The van der Waals surface area contributed by atoms with Gasteiger partial charge in [0.1, 0.15) is 0 Å². The summed E-state index contributed by atoms with van der Waals surface area (Å²) in [6, 6.07) is 16.1. The quantitative estimate of drug-likeness (QED) is 0.687. The van der Waals surface area contributed by atoms with Crippen molar-refractivity contribution in [2.24, 2.45) is 0 Å². The van der Waals surface area contributed by atoms with Crippen LogP contribution in [0.2, 0.25) is 0 Å². The number of nitrogens with one attached hydrogen (secondary N) is 1. The molecule has 0 spiro atoms. The number of hydrogen-bond acceptors (Lipinski definition) is 2. The van der Waals surface area contributed by atoms with E-state index in [0.29, 0.717) is 11.5 Å². The molecule has 1 atom stereocenters. The zero-order valence-electron chi connectivity index (χ0n) is 16.7. The lowest BCUT2D eigenvalue weighted by atomic mass is 10.0. The van der Waals surface area contributed by atoms with E-state index in [2.05, 4.69) is 53.0 Å². The Morgan fingerprint density at radius 1 is 1.04 bits per heavy atom. The summed E-state index contributed by atoms with van der Waals surface area (Å²) in [6.45, 7) is 10.3. The van der Waals surface area contributed by atoms with Gasteiger partial charge in [-0.2, -0.15) is 0 Å². The molecule has 1 aromatic carbocycles. The van der Waals surface area contributed by atoms with Crippen molar-refractivity contribution in [3.63, 3.8) is 0 Å². The van der Waals surface area contributed by atoms with Crippen LogP contribution < -0.4 is 5.32 Å². The molecule has 0 radical (unpaired) electrons. The Labute approximate surface area is 161 Å². The highest BCUT2D eigenvalue weighted by molar-refractivity contribution is 5.96. The van der Waals surface area contributed by atoms with Crippen LogP contribution in [0.4, 0.5) is 0 Å². The third-order valence-corrected chi connectivity index (χ3v) is 4.97. The minimum Gasteiger partial charge on any atom is -0.344 e.